The molecule has 3 atom stereocenters. The number of hydrogen-bond acceptors (Lipinski definition) is 5. The van der Waals surface area contributed by atoms with Crippen molar-refractivity contribution in [1.82, 2.24) is 0 Å². The van der Waals surface area contributed by atoms with Crippen LogP contribution in [0.3, 0.4) is 0 Å². The molecule has 0 amide bonds. The quantitative estimate of drug-likeness (QED) is 0.422. The number of hydrogen-bond donors (Lipinski definition) is 2. The van der Waals surface area contributed by atoms with Crippen LogP contribution in [0.15, 0.2) is 91.0 Å². The Kier molecular flexibility index (Phi) is 9.41. The van der Waals surface area contributed by atoms with Crippen LogP contribution < -0.4 is 0 Å². The average Bonchev–Trinajstić information content (AvgIpc) is 2.85. The monoisotopic (exact) mass is 436 g/mol. The molecular weight excluding hydrogens is 404 g/mol. The van der Waals surface area contributed by atoms with E-state index in [1.165, 1.54) is 0 Å². The number of rotatable bonds is 13. The van der Waals surface area contributed by atoms with E-state index < -0.39 is 17.8 Å². The standard InChI is InChI=1S/C27H32O5/c1-27(21-28,32-19-24-15-9-4-10-16-24)26(31-18-23-13-7-3-8-14-23)25(29)20-30-17-22-11-5-2-6-12-22/h2-16,25-26,28-29H,17-21H2,1H3/t25-,26-,27+/m1/s1. The van der Waals surface area contributed by atoms with Gasteiger partial charge in [-0.1, -0.05) is 91.0 Å². The summed E-state index contributed by atoms with van der Waals surface area (Å²) in [5.74, 6) is 0. The molecule has 32 heavy (non-hydrogen) atoms. The van der Waals surface area contributed by atoms with Gasteiger partial charge in [0.2, 0.25) is 0 Å². The van der Waals surface area contributed by atoms with E-state index in [1.54, 1.807) is 6.92 Å². The maximum absolute atomic E-state index is 11.0. The molecular formula is C27H32O5. The van der Waals surface area contributed by atoms with Crippen LogP contribution in [-0.2, 0) is 34.0 Å². The second kappa shape index (κ2) is 12.5. The summed E-state index contributed by atoms with van der Waals surface area (Å²) in [7, 11) is 0. The Morgan fingerprint density at radius 1 is 0.719 bits per heavy atom. The highest BCUT2D eigenvalue weighted by Gasteiger charge is 2.41. The third-order valence-electron chi connectivity index (χ3n) is 5.35. The minimum Gasteiger partial charge on any atom is -0.393 e. The van der Waals surface area contributed by atoms with E-state index in [2.05, 4.69) is 0 Å². The zero-order chi connectivity index (χ0) is 22.7. The topological polar surface area (TPSA) is 68.2 Å². The molecule has 3 aromatic rings. The van der Waals surface area contributed by atoms with Crippen LogP contribution in [0, 0.1) is 0 Å². The highest BCUT2D eigenvalue weighted by atomic mass is 16.6. The molecule has 170 valence electrons. The Balaban J connectivity index is 1.68. The SMILES string of the molecule is C[C@@](CO)(OCc1ccccc1)[C@H](OCc1ccccc1)[C@H](O)COCc1ccccc1. The van der Waals surface area contributed by atoms with Gasteiger partial charge in [0.15, 0.2) is 0 Å². The number of aliphatic hydroxyl groups is 2. The van der Waals surface area contributed by atoms with Gasteiger partial charge in [-0.05, 0) is 23.6 Å². The Hall–Kier alpha value is -2.54. The van der Waals surface area contributed by atoms with Crippen LogP contribution >= 0.6 is 0 Å². The van der Waals surface area contributed by atoms with Crippen molar-refractivity contribution < 1.29 is 24.4 Å². The van der Waals surface area contributed by atoms with Crippen molar-refractivity contribution in [2.75, 3.05) is 13.2 Å². The van der Waals surface area contributed by atoms with Crippen LogP contribution in [0.1, 0.15) is 23.6 Å². The highest BCUT2D eigenvalue weighted by Crippen LogP contribution is 2.25. The lowest BCUT2D eigenvalue weighted by molar-refractivity contribution is -0.205. The third-order valence-corrected chi connectivity index (χ3v) is 5.35. The van der Waals surface area contributed by atoms with Crippen LogP contribution in [0.5, 0.6) is 0 Å². The zero-order valence-corrected chi connectivity index (χ0v) is 18.5. The van der Waals surface area contributed by atoms with Crippen LogP contribution in [0.2, 0.25) is 0 Å². The molecule has 0 aliphatic rings. The molecule has 0 aromatic heterocycles. The van der Waals surface area contributed by atoms with E-state index >= 15 is 0 Å². The molecule has 0 fully saturated rings. The van der Waals surface area contributed by atoms with Gasteiger partial charge in [0.1, 0.15) is 17.8 Å². The lowest BCUT2D eigenvalue weighted by Crippen LogP contribution is -2.54. The highest BCUT2D eigenvalue weighted by molar-refractivity contribution is 5.15. The van der Waals surface area contributed by atoms with Crippen LogP contribution in [0.4, 0.5) is 0 Å². The Labute approximate surface area is 190 Å². The average molecular weight is 437 g/mol. The first-order valence-electron chi connectivity index (χ1n) is 10.8. The van der Waals surface area contributed by atoms with E-state index in [9.17, 15) is 10.2 Å². The van der Waals surface area contributed by atoms with Crippen molar-refractivity contribution in [2.45, 2.75) is 44.6 Å². The number of aliphatic hydroxyl groups excluding tert-OH is 2. The Morgan fingerprint density at radius 2 is 1.19 bits per heavy atom. The first-order chi connectivity index (χ1) is 15.6. The molecule has 0 aliphatic heterocycles. The van der Waals surface area contributed by atoms with Gasteiger partial charge in [0, 0.05) is 0 Å². The third kappa shape index (κ3) is 7.26. The maximum atomic E-state index is 11.0. The summed E-state index contributed by atoms with van der Waals surface area (Å²) in [5.41, 5.74) is 1.84. The van der Waals surface area contributed by atoms with Gasteiger partial charge in [0.05, 0.1) is 33.0 Å². The second-order valence-electron chi connectivity index (χ2n) is 8.03. The van der Waals surface area contributed by atoms with Crippen molar-refractivity contribution in [3.63, 3.8) is 0 Å². The molecule has 0 saturated carbocycles. The first kappa shape index (κ1) is 24.1. The molecule has 0 bridgehead atoms. The molecule has 5 heteroatoms. The van der Waals surface area contributed by atoms with Gasteiger partial charge >= 0.3 is 0 Å². The molecule has 5 nitrogen and oxygen atoms in total. The summed E-state index contributed by atoms with van der Waals surface area (Å²) in [6.07, 6.45) is -1.79. The number of benzene rings is 3. The zero-order valence-electron chi connectivity index (χ0n) is 18.5. The Morgan fingerprint density at radius 3 is 1.69 bits per heavy atom. The maximum Gasteiger partial charge on any atom is 0.117 e. The second-order valence-corrected chi connectivity index (χ2v) is 8.03. The first-order valence-corrected chi connectivity index (χ1v) is 10.8. The van der Waals surface area contributed by atoms with Gasteiger partial charge < -0.3 is 24.4 Å². The number of ether oxygens (including phenoxy) is 3. The molecule has 2 N–H and O–H groups in total. The summed E-state index contributed by atoms with van der Waals surface area (Å²) in [4.78, 5) is 0. The van der Waals surface area contributed by atoms with Gasteiger partial charge in [-0.15, -0.1) is 0 Å². The molecule has 0 heterocycles. The van der Waals surface area contributed by atoms with E-state index in [-0.39, 0.29) is 19.8 Å². The predicted octanol–water partition coefficient (Wildman–Crippen LogP) is 4.12. The Bertz CT molecular complexity index is 888. The van der Waals surface area contributed by atoms with Crippen molar-refractivity contribution >= 4 is 0 Å². The van der Waals surface area contributed by atoms with E-state index in [0.29, 0.717) is 13.2 Å². The van der Waals surface area contributed by atoms with Crippen molar-refractivity contribution in [2.24, 2.45) is 0 Å². The lowest BCUT2D eigenvalue weighted by Gasteiger charge is -2.38. The summed E-state index contributed by atoms with van der Waals surface area (Å²) in [5, 5.41) is 21.2. The molecule has 3 aromatic carbocycles. The fraction of sp³-hybridized carbons (Fsp3) is 0.333. The minimum absolute atomic E-state index is 0.0542. The lowest BCUT2D eigenvalue weighted by atomic mass is 9.94. The van der Waals surface area contributed by atoms with Crippen LogP contribution in [0.25, 0.3) is 0 Å². The largest absolute Gasteiger partial charge is 0.393 e. The van der Waals surface area contributed by atoms with E-state index in [1.807, 2.05) is 91.0 Å². The molecule has 0 saturated heterocycles. The molecule has 0 spiro atoms. The predicted molar refractivity (Wildman–Crippen MR) is 124 cm³/mol. The van der Waals surface area contributed by atoms with Crippen molar-refractivity contribution in [1.29, 1.82) is 0 Å². The summed E-state index contributed by atoms with van der Waals surface area (Å²) in [6, 6.07) is 29.2. The van der Waals surface area contributed by atoms with E-state index in [4.69, 9.17) is 14.2 Å². The molecule has 3 rings (SSSR count). The van der Waals surface area contributed by atoms with Crippen LogP contribution in [-0.4, -0.2) is 41.2 Å². The fourth-order valence-electron chi connectivity index (χ4n) is 3.45. The van der Waals surface area contributed by atoms with Gasteiger partial charge in [-0.25, -0.2) is 0 Å². The van der Waals surface area contributed by atoms with Crippen molar-refractivity contribution in [3.05, 3.63) is 108 Å². The van der Waals surface area contributed by atoms with E-state index in [0.717, 1.165) is 16.7 Å². The smallest absolute Gasteiger partial charge is 0.117 e. The summed E-state index contributed by atoms with van der Waals surface area (Å²) in [6.45, 7) is 2.45. The fourth-order valence-corrected chi connectivity index (χ4v) is 3.45. The molecule has 0 aliphatic carbocycles. The minimum atomic E-state index is -1.12. The molecule has 0 unspecified atom stereocenters. The molecule has 0 radical (unpaired) electrons. The summed E-state index contributed by atoms with van der Waals surface area (Å²) < 4.78 is 18.0. The normalized spacial score (nSPS) is 15.1. The van der Waals surface area contributed by atoms with Gasteiger partial charge in [-0.3, -0.25) is 0 Å². The van der Waals surface area contributed by atoms with Crippen molar-refractivity contribution in [3.8, 4) is 0 Å². The summed E-state index contributed by atoms with van der Waals surface area (Å²) >= 11 is 0. The van der Waals surface area contributed by atoms with Gasteiger partial charge in [0.25, 0.3) is 0 Å². The van der Waals surface area contributed by atoms with Gasteiger partial charge in [-0.2, -0.15) is 0 Å².